The van der Waals surface area contributed by atoms with Crippen molar-refractivity contribution < 1.29 is 5.11 Å². The lowest BCUT2D eigenvalue weighted by Gasteiger charge is -2.23. The van der Waals surface area contributed by atoms with Gasteiger partial charge in [0.15, 0.2) is 0 Å². The first-order chi connectivity index (χ1) is 7.40. The highest BCUT2D eigenvalue weighted by Gasteiger charge is 2.19. The molecule has 0 aliphatic carbocycles. The van der Waals surface area contributed by atoms with Crippen LogP contribution in [-0.2, 0) is 0 Å². The monoisotopic (exact) mass is 228 g/mol. The molecule has 1 aromatic heterocycles. The lowest BCUT2D eigenvalue weighted by molar-refractivity contribution is 0.300. The summed E-state index contributed by atoms with van der Waals surface area (Å²) >= 11 is 1.38. The quantitative estimate of drug-likeness (QED) is 0.748. The van der Waals surface area contributed by atoms with Crippen LogP contribution in [0.3, 0.4) is 0 Å². The van der Waals surface area contributed by atoms with Crippen molar-refractivity contribution in [2.24, 2.45) is 0 Å². The first-order valence-corrected chi connectivity index (χ1v) is 6.03. The Kier molecular flexibility index (Phi) is 3.87. The highest BCUT2D eigenvalue weighted by atomic mass is 32.1. The zero-order chi connectivity index (χ0) is 10.5. The van der Waals surface area contributed by atoms with Crippen LogP contribution in [0.1, 0.15) is 12.8 Å². The summed E-state index contributed by atoms with van der Waals surface area (Å²) in [6.45, 7) is 2.81. The van der Waals surface area contributed by atoms with E-state index in [0.717, 1.165) is 18.2 Å². The number of aromatic nitrogens is 2. The summed E-state index contributed by atoms with van der Waals surface area (Å²) in [6.07, 6.45) is 4.01. The topological polar surface area (TPSA) is 61.3 Å². The molecule has 0 aromatic carbocycles. The fraction of sp³-hybridized carbons (Fsp3) is 0.778. The molecule has 1 unspecified atom stereocenters. The molecule has 0 saturated carbocycles. The van der Waals surface area contributed by atoms with Gasteiger partial charge in [0, 0.05) is 30.7 Å². The Morgan fingerprint density at radius 3 is 3.20 bits per heavy atom. The summed E-state index contributed by atoms with van der Waals surface area (Å²) in [6, 6.07) is 0.528. The first-order valence-electron chi connectivity index (χ1n) is 5.26. The Morgan fingerprint density at radius 2 is 2.60 bits per heavy atom. The molecule has 1 aliphatic heterocycles. The normalized spacial score (nSPS) is 20.7. The van der Waals surface area contributed by atoms with E-state index < -0.39 is 0 Å². The number of aliphatic hydroxyl groups excluding tert-OH is 1. The van der Waals surface area contributed by atoms with Crippen LogP contribution in [0.5, 0.6) is 0 Å². The van der Waals surface area contributed by atoms with E-state index in [0.29, 0.717) is 12.6 Å². The van der Waals surface area contributed by atoms with Gasteiger partial charge in [-0.2, -0.15) is 4.37 Å². The van der Waals surface area contributed by atoms with Crippen molar-refractivity contribution in [2.75, 3.05) is 31.1 Å². The maximum absolute atomic E-state index is 9.00. The van der Waals surface area contributed by atoms with Crippen LogP contribution in [0.25, 0.3) is 0 Å². The van der Waals surface area contributed by atoms with E-state index in [2.05, 4.69) is 19.6 Å². The van der Waals surface area contributed by atoms with Crippen molar-refractivity contribution in [1.82, 2.24) is 14.7 Å². The van der Waals surface area contributed by atoms with Gasteiger partial charge in [-0.3, -0.25) is 0 Å². The van der Waals surface area contributed by atoms with E-state index in [4.69, 9.17) is 5.11 Å². The number of nitrogens with zero attached hydrogens (tertiary/aromatic N) is 3. The zero-order valence-electron chi connectivity index (χ0n) is 8.59. The van der Waals surface area contributed by atoms with Gasteiger partial charge >= 0.3 is 0 Å². The van der Waals surface area contributed by atoms with Gasteiger partial charge in [0.1, 0.15) is 6.33 Å². The molecule has 2 N–H and O–H groups in total. The molecule has 0 spiro atoms. The molecular weight excluding hydrogens is 212 g/mol. The zero-order valence-corrected chi connectivity index (χ0v) is 9.41. The highest BCUT2D eigenvalue weighted by Crippen LogP contribution is 2.16. The fourth-order valence-electron chi connectivity index (χ4n) is 1.87. The molecule has 0 amide bonds. The van der Waals surface area contributed by atoms with Gasteiger partial charge in [-0.25, -0.2) is 4.98 Å². The van der Waals surface area contributed by atoms with Gasteiger partial charge in [0.2, 0.25) is 5.13 Å². The fourth-order valence-corrected chi connectivity index (χ4v) is 2.44. The average Bonchev–Trinajstić information content (AvgIpc) is 2.89. The molecule has 84 valence electrons. The van der Waals surface area contributed by atoms with Gasteiger partial charge in [0.05, 0.1) is 6.61 Å². The van der Waals surface area contributed by atoms with Crippen LogP contribution >= 0.6 is 11.5 Å². The van der Waals surface area contributed by atoms with E-state index in [9.17, 15) is 0 Å². The number of hydrogen-bond donors (Lipinski definition) is 2. The lowest BCUT2D eigenvalue weighted by Crippen LogP contribution is -2.39. The van der Waals surface area contributed by atoms with Crippen LogP contribution in [-0.4, -0.2) is 46.7 Å². The number of rotatable bonds is 5. The minimum atomic E-state index is 0.159. The third kappa shape index (κ3) is 2.87. The van der Waals surface area contributed by atoms with Crippen LogP contribution < -0.4 is 10.2 Å². The van der Waals surface area contributed by atoms with Crippen molar-refractivity contribution in [2.45, 2.75) is 18.9 Å². The summed E-state index contributed by atoms with van der Waals surface area (Å²) in [5.74, 6) is 0. The molecule has 0 radical (unpaired) electrons. The average molecular weight is 228 g/mol. The molecule has 1 aromatic rings. The summed E-state index contributed by atoms with van der Waals surface area (Å²) in [5, 5.41) is 13.3. The second-order valence-corrected chi connectivity index (χ2v) is 4.45. The van der Waals surface area contributed by atoms with Crippen molar-refractivity contribution in [1.29, 1.82) is 0 Å². The smallest absolute Gasteiger partial charge is 0.205 e. The Labute approximate surface area is 93.3 Å². The second kappa shape index (κ2) is 5.39. The molecule has 1 aliphatic rings. The largest absolute Gasteiger partial charge is 0.395 e. The minimum absolute atomic E-state index is 0.159. The Hall–Kier alpha value is -0.720. The molecule has 15 heavy (non-hydrogen) atoms. The van der Waals surface area contributed by atoms with Crippen molar-refractivity contribution in [3.05, 3.63) is 6.33 Å². The molecule has 1 atom stereocenters. The SMILES string of the molecule is OCCN(CC1CCCN1)c1ncns1. The van der Waals surface area contributed by atoms with Crippen LogP contribution in [0.4, 0.5) is 5.13 Å². The van der Waals surface area contributed by atoms with Crippen LogP contribution in [0.15, 0.2) is 6.33 Å². The van der Waals surface area contributed by atoms with E-state index in [1.807, 2.05) is 0 Å². The van der Waals surface area contributed by atoms with E-state index in [1.165, 1.54) is 24.4 Å². The molecule has 1 fully saturated rings. The molecule has 6 heteroatoms. The Balaban J connectivity index is 1.93. The number of hydrogen-bond acceptors (Lipinski definition) is 6. The summed E-state index contributed by atoms with van der Waals surface area (Å²) in [7, 11) is 0. The minimum Gasteiger partial charge on any atom is -0.395 e. The first kappa shape index (κ1) is 10.8. The maximum atomic E-state index is 9.00. The van der Waals surface area contributed by atoms with Gasteiger partial charge in [-0.1, -0.05) is 0 Å². The summed E-state index contributed by atoms with van der Waals surface area (Å²) in [5.41, 5.74) is 0. The summed E-state index contributed by atoms with van der Waals surface area (Å²) in [4.78, 5) is 6.27. The van der Waals surface area contributed by atoms with Crippen molar-refractivity contribution >= 4 is 16.7 Å². The molecule has 0 bridgehead atoms. The predicted octanol–water partition coefficient (Wildman–Crippen LogP) is 0.0888. The van der Waals surface area contributed by atoms with Gasteiger partial charge in [-0.05, 0) is 19.4 Å². The molecular formula is C9H16N4OS. The predicted molar refractivity (Wildman–Crippen MR) is 60.2 cm³/mol. The standard InChI is InChI=1S/C9H16N4OS/c14-5-4-13(9-11-7-12-15-9)6-8-2-1-3-10-8/h7-8,10,14H,1-6H2. The van der Waals surface area contributed by atoms with Gasteiger partial charge in [0.25, 0.3) is 0 Å². The van der Waals surface area contributed by atoms with E-state index in [1.54, 1.807) is 6.33 Å². The third-order valence-electron chi connectivity index (χ3n) is 2.59. The van der Waals surface area contributed by atoms with Crippen molar-refractivity contribution in [3.63, 3.8) is 0 Å². The number of anilines is 1. The number of aliphatic hydroxyl groups is 1. The van der Waals surface area contributed by atoms with Crippen LogP contribution in [0, 0.1) is 0 Å². The molecule has 2 heterocycles. The van der Waals surface area contributed by atoms with Gasteiger partial charge in [-0.15, -0.1) is 0 Å². The molecule has 2 rings (SSSR count). The second-order valence-electron chi connectivity index (χ2n) is 3.69. The van der Waals surface area contributed by atoms with E-state index in [-0.39, 0.29) is 6.61 Å². The molecule has 5 nitrogen and oxygen atoms in total. The summed E-state index contributed by atoms with van der Waals surface area (Å²) < 4.78 is 3.99. The molecule has 1 saturated heterocycles. The van der Waals surface area contributed by atoms with Crippen LogP contribution in [0.2, 0.25) is 0 Å². The van der Waals surface area contributed by atoms with Crippen molar-refractivity contribution in [3.8, 4) is 0 Å². The van der Waals surface area contributed by atoms with E-state index >= 15 is 0 Å². The Bertz CT molecular complexity index is 274. The lowest BCUT2D eigenvalue weighted by atomic mass is 10.2. The number of nitrogens with one attached hydrogen (secondary N) is 1. The Morgan fingerprint density at radius 1 is 1.67 bits per heavy atom. The maximum Gasteiger partial charge on any atom is 0.205 e. The third-order valence-corrected chi connectivity index (χ3v) is 3.32. The van der Waals surface area contributed by atoms with Gasteiger partial charge < -0.3 is 15.3 Å². The highest BCUT2D eigenvalue weighted by molar-refractivity contribution is 7.09.